The fourth-order valence-electron chi connectivity index (χ4n) is 8.29. The molecule has 0 amide bonds. The molecule has 0 heterocycles. The minimum Gasteiger partial charge on any atom is -0.311 e. The molecule has 0 saturated heterocycles. The van der Waals surface area contributed by atoms with E-state index in [2.05, 4.69) is 241 Å². The van der Waals surface area contributed by atoms with E-state index in [4.69, 9.17) is 0 Å². The van der Waals surface area contributed by atoms with Gasteiger partial charge in [-0.1, -0.05) is 200 Å². The Kier molecular flexibility index (Phi) is 8.95. The SMILES string of the molecule is c1ccc(-c2ccc(N(c3ccc(-c4ccccc4)cc3)c3ccc(-c4ccc(-c5c(-c6ccccc6)c6ccccc6c6ccccc56)cc4)cc3)cc2)cc1. The first-order valence-corrected chi connectivity index (χ1v) is 19.6. The molecule has 268 valence electrons. The fraction of sp³-hybridized carbons (Fsp3) is 0. The molecule has 0 aliphatic rings. The van der Waals surface area contributed by atoms with Gasteiger partial charge in [0.1, 0.15) is 0 Å². The average Bonchev–Trinajstić information content (AvgIpc) is 3.30. The second-order valence-electron chi connectivity index (χ2n) is 14.5. The maximum atomic E-state index is 2.34. The third-order valence-corrected chi connectivity index (χ3v) is 11.1. The molecule has 1 nitrogen and oxygen atoms in total. The van der Waals surface area contributed by atoms with Crippen molar-refractivity contribution in [3.05, 3.63) is 237 Å². The molecule has 0 bridgehead atoms. The van der Waals surface area contributed by atoms with Gasteiger partial charge >= 0.3 is 0 Å². The van der Waals surface area contributed by atoms with Crippen LogP contribution < -0.4 is 4.90 Å². The van der Waals surface area contributed by atoms with Gasteiger partial charge in [0, 0.05) is 17.1 Å². The van der Waals surface area contributed by atoms with Crippen LogP contribution in [0.4, 0.5) is 17.1 Å². The van der Waals surface area contributed by atoms with Gasteiger partial charge in [0.05, 0.1) is 0 Å². The van der Waals surface area contributed by atoms with Crippen LogP contribution >= 0.6 is 0 Å². The normalized spacial score (nSPS) is 11.2. The first-order chi connectivity index (χ1) is 28.3. The molecule has 0 fully saturated rings. The van der Waals surface area contributed by atoms with Gasteiger partial charge in [0.2, 0.25) is 0 Å². The van der Waals surface area contributed by atoms with Crippen LogP contribution in [0, 0.1) is 0 Å². The number of benzene rings is 10. The molecule has 0 saturated carbocycles. The molecule has 1 heteroatoms. The zero-order chi connectivity index (χ0) is 38.0. The summed E-state index contributed by atoms with van der Waals surface area (Å²) in [5, 5.41) is 5.09. The van der Waals surface area contributed by atoms with E-state index in [1.807, 2.05) is 0 Å². The first kappa shape index (κ1) is 34.0. The van der Waals surface area contributed by atoms with Crippen LogP contribution in [-0.2, 0) is 0 Å². The average molecular weight is 726 g/mol. The van der Waals surface area contributed by atoms with Gasteiger partial charge in [-0.2, -0.15) is 0 Å². The molecule has 10 rings (SSSR count). The molecule has 0 radical (unpaired) electrons. The summed E-state index contributed by atoms with van der Waals surface area (Å²) in [5.74, 6) is 0. The molecule has 0 atom stereocenters. The van der Waals surface area contributed by atoms with Crippen molar-refractivity contribution in [3.8, 4) is 55.6 Å². The highest BCUT2D eigenvalue weighted by molar-refractivity contribution is 6.21. The lowest BCUT2D eigenvalue weighted by atomic mass is 9.85. The second kappa shape index (κ2) is 15.0. The summed E-state index contributed by atoms with van der Waals surface area (Å²) in [4.78, 5) is 2.34. The zero-order valence-corrected chi connectivity index (χ0v) is 31.5. The molecule has 0 aliphatic carbocycles. The van der Waals surface area contributed by atoms with E-state index in [9.17, 15) is 0 Å². The zero-order valence-electron chi connectivity index (χ0n) is 31.5. The number of rotatable bonds is 8. The van der Waals surface area contributed by atoms with E-state index in [1.54, 1.807) is 0 Å². The molecule has 0 unspecified atom stereocenters. The van der Waals surface area contributed by atoms with Gasteiger partial charge in [0.25, 0.3) is 0 Å². The number of nitrogens with zero attached hydrogens (tertiary/aromatic N) is 1. The summed E-state index contributed by atoms with van der Waals surface area (Å²) in [5.41, 5.74) is 15.5. The van der Waals surface area contributed by atoms with Crippen LogP contribution in [0.5, 0.6) is 0 Å². The van der Waals surface area contributed by atoms with Crippen molar-refractivity contribution in [3.63, 3.8) is 0 Å². The quantitative estimate of drug-likeness (QED) is 0.141. The highest BCUT2D eigenvalue weighted by atomic mass is 15.1. The van der Waals surface area contributed by atoms with Crippen molar-refractivity contribution < 1.29 is 0 Å². The van der Waals surface area contributed by atoms with E-state index in [1.165, 1.54) is 77.2 Å². The van der Waals surface area contributed by atoms with Crippen LogP contribution in [-0.4, -0.2) is 0 Å². The van der Waals surface area contributed by atoms with Crippen LogP contribution in [0.2, 0.25) is 0 Å². The number of hydrogen-bond donors (Lipinski definition) is 0. The summed E-state index contributed by atoms with van der Waals surface area (Å²) in [7, 11) is 0. The maximum absolute atomic E-state index is 2.34. The summed E-state index contributed by atoms with van der Waals surface area (Å²) in [6.45, 7) is 0. The summed E-state index contributed by atoms with van der Waals surface area (Å²) < 4.78 is 0. The predicted molar refractivity (Wildman–Crippen MR) is 243 cm³/mol. The Morgan fingerprint density at radius 3 is 0.754 bits per heavy atom. The second-order valence-corrected chi connectivity index (χ2v) is 14.5. The van der Waals surface area contributed by atoms with Gasteiger partial charge in [-0.05, 0) is 114 Å². The first-order valence-electron chi connectivity index (χ1n) is 19.6. The smallest absolute Gasteiger partial charge is 0.0462 e. The van der Waals surface area contributed by atoms with E-state index in [0.29, 0.717) is 0 Å². The predicted octanol–water partition coefficient (Wildman–Crippen LogP) is 15.8. The third kappa shape index (κ3) is 6.56. The van der Waals surface area contributed by atoms with Crippen LogP contribution in [0.15, 0.2) is 237 Å². The number of anilines is 3. The van der Waals surface area contributed by atoms with Gasteiger partial charge in [-0.3, -0.25) is 0 Å². The van der Waals surface area contributed by atoms with Gasteiger partial charge in [-0.25, -0.2) is 0 Å². The van der Waals surface area contributed by atoms with Crippen LogP contribution in [0.3, 0.4) is 0 Å². The monoisotopic (exact) mass is 725 g/mol. The van der Waals surface area contributed by atoms with Gasteiger partial charge < -0.3 is 4.90 Å². The van der Waals surface area contributed by atoms with Crippen molar-refractivity contribution in [1.29, 1.82) is 0 Å². The highest BCUT2D eigenvalue weighted by Crippen LogP contribution is 2.45. The molecule has 10 aromatic rings. The molecular weight excluding hydrogens is 687 g/mol. The lowest BCUT2D eigenvalue weighted by Gasteiger charge is -2.26. The van der Waals surface area contributed by atoms with E-state index in [-0.39, 0.29) is 0 Å². The van der Waals surface area contributed by atoms with Gasteiger partial charge in [-0.15, -0.1) is 0 Å². The molecule has 57 heavy (non-hydrogen) atoms. The Balaban J connectivity index is 1.02. The molecular formula is C56H39N. The third-order valence-electron chi connectivity index (χ3n) is 11.1. The molecule has 0 N–H and O–H groups in total. The summed E-state index contributed by atoms with van der Waals surface area (Å²) in [6, 6.07) is 85.4. The molecule has 0 aromatic heterocycles. The fourth-order valence-corrected chi connectivity index (χ4v) is 8.29. The van der Waals surface area contributed by atoms with Crippen molar-refractivity contribution in [2.24, 2.45) is 0 Å². The lowest BCUT2D eigenvalue weighted by molar-refractivity contribution is 1.28. The summed E-state index contributed by atoms with van der Waals surface area (Å²) in [6.07, 6.45) is 0. The Morgan fingerprint density at radius 2 is 0.404 bits per heavy atom. The molecule has 10 aromatic carbocycles. The molecule has 0 aliphatic heterocycles. The number of fused-ring (bicyclic) bond motifs is 3. The Hall–Kier alpha value is -7.48. The van der Waals surface area contributed by atoms with Crippen LogP contribution in [0.25, 0.3) is 77.2 Å². The van der Waals surface area contributed by atoms with Crippen molar-refractivity contribution >= 4 is 38.6 Å². The minimum atomic E-state index is 1.10. The summed E-state index contributed by atoms with van der Waals surface area (Å²) >= 11 is 0. The van der Waals surface area contributed by atoms with Crippen LogP contribution in [0.1, 0.15) is 0 Å². The van der Waals surface area contributed by atoms with E-state index in [0.717, 1.165) is 17.1 Å². The van der Waals surface area contributed by atoms with Crippen molar-refractivity contribution in [2.75, 3.05) is 4.90 Å². The Bertz CT molecular complexity index is 2850. The van der Waals surface area contributed by atoms with Crippen molar-refractivity contribution in [2.45, 2.75) is 0 Å². The minimum absolute atomic E-state index is 1.10. The standard InChI is InChI=1S/C56H39N/c1-4-14-40(15-5-1)43-28-34-48(35-29-43)57(49-36-30-44(31-37-49)41-16-6-2-7-17-41)50-38-32-45(33-39-50)42-24-26-47(27-25-42)56-54-23-13-11-21-52(54)51-20-10-12-22-53(51)55(56)46-18-8-3-9-19-46/h1-39H. The maximum Gasteiger partial charge on any atom is 0.0462 e. The van der Waals surface area contributed by atoms with Crippen molar-refractivity contribution in [1.82, 2.24) is 0 Å². The lowest BCUT2D eigenvalue weighted by Crippen LogP contribution is -2.09. The van der Waals surface area contributed by atoms with E-state index < -0.39 is 0 Å². The topological polar surface area (TPSA) is 3.24 Å². The molecule has 0 spiro atoms. The Labute approximate surface area is 334 Å². The largest absolute Gasteiger partial charge is 0.311 e. The highest BCUT2D eigenvalue weighted by Gasteiger charge is 2.18. The van der Waals surface area contributed by atoms with E-state index >= 15 is 0 Å². The number of hydrogen-bond acceptors (Lipinski definition) is 1. The Morgan fingerprint density at radius 1 is 0.175 bits per heavy atom. The van der Waals surface area contributed by atoms with Gasteiger partial charge in [0.15, 0.2) is 0 Å².